The van der Waals surface area contributed by atoms with Crippen LogP contribution in [-0.2, 0) is 11.2 Å². The first-order valence-corrected chi connectivity index (χ1v) is 11.0. The van der Waals surface area contributed by atoms with Gasteiger partial charge >= 0.3 is 0 Å². The molecule has 1 aliphatic rings. The van der Waals surface area contributed by atoms with Crippen LogP contribution in [0.1, 0.15) is 24.8 Å². The van der Waals surface area contributed by atoms with Crippen LogP contribution in [0.25, 0.3) is 11.3 Å². The molecule has 0 bridgehead atoms. The maximum Gasteiger partial charge on any atom is 0.227 e. The minimum Gasteiger partial charge on any atom is -0.369 e. The number of nitrogens with one attached hydrogen (secondary N) is 1. The van der Waals surface area contributed by atoms with Crippen LogP contribution in [0.4, 0.5) is 21.7 Å². The summed E-state index contributed by atoms with van der Waals surface area (Å²) in [7, 11) is 0. The summed E-state index contributed by atoms with van der Waals surface area (Å²) in [4.78, 5) is 22.5. The highest BCUT2D eigenvalue weighted by Gasteiger charge is 2.16. The normalized spacial score (nSPS) is 13.6. The number of hydrogen-bond acceptors (Lipinski definition) is 5. The number of carbonyl (C=O) groups excluding carboxylic acids is 1. The molecule has 0 atom stereocenters. The molecule has 7 heteroatoms. The average Bonchev–Trinajstić information content (AvgIpc) is 2.81. The highest BCUT2D eigenvalue weighted by atomic mass is 35.5. The molecule has 164 valence electrons. The van der Waals surface area contributed by atoms with E-state index >= 15 is 0 Å². The largest absolute Gasteiger partial charge is 0.369 e. The van der Waals surface area contributed by atoms with Crippen molar-refractivity contribution in [2.45, 2.75) is 25.7 Å². The molecule has 2 heterocycles. The number of allylic oxidation sites excluding steroid dienone is 1. The lowest BCUT2D eigenvalue weighted by atomic mass is 10.0. The molecule has 0 saturated carbocycles. The van der Waals surface area contributed by atoms with Crippen LogP contribution in [0, 0.1) is 5.82 Å². The minimum atomic E-state index is -0.273. The van der Waals surface area contributed by atoms with Crippen molar-refractivity contribution in [2.24, 2.45) is 0 Å². The van der Waals surface area contributed by atoms with Crippen molar-refractivity contribution in [3.63, 3.8) is 0 Å². The van der Waals surface area contributed by atoms with E-state index in [1.54, 1.807) is 6.07 Å². The van der Waals surface area contributed by atoms with Crippen LogP contribution in [0.5, 0.6) is 0 Å². The van der Waals surface area contributed by atoms with E-state index in [4.69, 9.17) is 11.6 Å². The van der Waals surface area contributed by atoms with Crippen molar-refractivity contribution >= 4 is 34.7 Å². The van der Waals surface area contributed by atoms with Crippen LogP contribution in [0.3, 0.4) is 0 Å². The molecule has 0 unspecified atom stereocenters. The van der Waals surface area contributed by atoms with Crippen molar-refractivity contribution in [1.82, 2.24) is 9.97 Å². The topological polar surface area (TPSA) is 58.1 Å². The lowest BCUT2D eigenvalue weighted by molar-refractivity contribution is -0.114. The van der Waals surface area contributed by atoms with E-state index in [2.05, 4.69) is 26.8 Å². The first kappa shape index (κ1) is 22.0. The lowest BCUT2D eigenvalue weighted by Crippen LogP contribution is -2.30. The highest BCUT2D eigenvalue weighted by Crippen LogP contribution is 2.30. The van der Waals surface area contributed by atoms with Gasteiger partial charge in [0.05, 0.1) is 22.6 Å². The smallest absolute Gasteiger partial charge is 0.227 e. The molecule has 1 fully saturated rings. The number of piperidine rings is 1. The summed E-state index contributed by atoms with van der Waals surface area (Å²) in [5.41, 5.74) is 3.32. The van der Waals surface area contributed by atoms with E-state index in [1.807, 2.05) is 30.3 Å². The Balaban J connectivity index is 1.56. The molecule has 4 rings (SSSR count). The number of rotatable bonds is 7. The van der Waals surface area contributed by atoms with E-state index in [0.29, 0.717) is 28.0 Å². The number of halogens is 2. The summed E-state index contributed by atoms with van der Waals surface area (Å²) in [5, 5.41) is 3.45. The van der Waals surface area contributed by atoms with Crippen LogP contribution in [0.2, 0.25) is 5.02 Å². The van der Waals surface area contributed by atoms with Crippen molar-refractivity contribution in [3.05, 3.63) is 77.7 Å². The molecule has 0 radical (unpaired) electrons. The van der Waals surface area contributed by atoms with E-state index < -0.39 is 0 Å². The van der Waals surface area contributed by atoms with Gasteiger partial charge in [0.2, 0.25) is 5.95 Å². The number of benzene rings is 2. The first-order chi connectivity index (χ1) is 15.5. The van der Waals surface area contributed by atoms with Gasteiger partial charge in [0.25, 0.3) is 0 Å². The SMILES string of the molecule is C=CC(=O)Cc1cccc(-c2nc(Nc3ccc(N4CCCCC4)c(F)c3)ncc2Cl)c1. The first-order valence-electron chi connectivity index (χ1n) is 10.6. The van der Waals surface area contributed by atoms with Gasteiger partial charge in [-0.2, -0.15) is 0 Å². The second-order valence-electron chi connectivity index (χ2n) is 7.78. The maximum atomic E-state index is 14.7. The van der Waals surface area contributed by atoms with Gasteiger partial charge in [0, 0.05) is 30.8 Å². The average molecular weight is 451 g/mol. The standard InChI is InChI=1S/C25H24ClFN4O/c1-2-20(32)14-17-7-6-8-18(13-17)24-21(26)16-28-25(30-24)29-19-9-10-23(22(27)15-19)31-11-4-3-5-12-31/h2,6-10,13,15-16H,1,3-5,11-12,14H2,(H,28,29,30). The van der Waals surface area contributed by atoms with Gasteiger partial charge in [0.1, 0.15) is 5.82 Å². The molecule has 2 aromatic carbocycles. The molecule has 0 amide bonds. The molecule has 5 nitrogen and oxygen atoms in total. The fourth-order valence-corrected chi connectivity index (χ4v) is 4.04. The van der Waals surface area contributed by atoms with Gasteiger partial charge in [0.15, 0.2) is 5.78 Å². The van der Waals surface area contributed by atoms with Crippen LogP contribution in [-0.4, -0.2) is 28.8 Å². The van der Waals surface area contributed by atoms with Crippen molar-refractivity contribution in [3.8, 4) is 11.3 Å². The molecule has 0 aliphatic carbocycles. The van der Waals surface area contributed by atoms with Gasteiger partial charge in [-0.3, -0.25) is 4.79 Å². The monoisotopic (exact) mass is 450 g/mol. The molecule has 32 heavy (non-hydrogen) atoms. The van der Waals surface area contributed by atoms with Gasteiger partial charge in [-0.1, -0.05) is 36.4 Å². The summed E-state index contributed by atoms with van der Waals surface area (Å²) < 4.78 is 14.7. The van der Waals surface area contributed by atoms with Gasteiger partial charge in [-0.15, -0.1) is 0 Å². The van der Waals surface area contributed by atoms with Gasteiger partial charge < -0.3 is 10.2 Å². The highest BCUT2D eigenvalue weighted by molar-refractivity contribution is 6.32. The van der Waals surface area contributed by atoms with Crippen LogP contribution >= 0.6 is 11.6 Å². The molecule has 3 aromatic rings. The summed E-state index contributed by atoms with van der Waals surface area (Å²) >= 11 is 6.35. The molecule has 1 saturated heterocycles. The Kier molecular flexibility index (Phi) is 6.81. The van der Waals surface area contributed by atoms with Crippen LogP contribution in [0.15, 0.2) is 61.3 Å². The zero-order valence-corrected chi connectivity index (χ0v) is 18.4. The summed E-state index contributed by atoms with van der Waals surface area (Å²) in [6.45, 7) is 5.27. The lowest BCUT2D eigenvalue weighted by Gasteiger charge is -2.29. The summed E-state index contributed by atoms with van der Waals surface area (Å²) in [6.07, 6.45) is 6.44. The van der Waals surface area contributed by atoms with Gasteiger partial charge in [-0.25, -0.2) is 14.4 Å². The van der Waals surface area contributed by atoms with E-state index in [0.717, 1.165) is 37.1 Å². The second kappa shape index (κ2) is 9.92. The van der Waals surface area contributed by atoms with Crippen molar-refractivity contribution in [2.75, 3.05) is 23.3 Å². The number of nitrogens with zero attached hydrogens (tertiary/aromatic N) is 3. The second-order valence-corrected chi connectivity index (χ2v) is 8.18. The predicted molar refractivity (Wildman–Crippen MR) is 127 cm³/mol. The third-order valence-electron chi connectivity index (χ3n) is 5.45. The Morgan fingerprint density at radius 3 is 2.75 bits per heavy atom. The summed E-state index contributed by atoms with van der Waals surface area (Å²) in [6, 6.07) is 12.5. The molecule has 1 aromatic heterocycles. The Morgan fingerprint density at radius 1 is 1.19 bits per heavy atom. The third kappa shape index (κ3) is 5.14. The number of aromatic nitrogens is 2. The Hall–Kier alpha value is -3.25. The predicted octanol–water partition coefficient (Wildman–Crippen LogP) is 5.97. The molecular formula is C25H24ClFN4O. The maximum absolute atomic E-state index is 14.7. The Bertz CT molecular complexity index is 1140. The van der Waals surface area contributed by atoms with Crippen LogP contribution < -0.4 is 10.2 Å². The van der Waals surface area contributed by atoms with E-state index in [-0.39, 0.29) is 18.0 Å². The number of ketones is 1. The number of hydrogen-bond donors (Lipinski definition) is 1. The molecular weight excluding hydrogens is 427 g/mol. The molecule has 1 aliphatic heterocycles. The van der Waals surface area contributed by atoms with E-state index in [9.17, 15) is 9.18 Å². The fraction of sp³-hybridized carbons (Fsp3) is 0.240. The minimum absolute atomic E-state index is 0.0617. The van der Waals surface area contributed by atoms with E-state index in [1.165, 1.54) is 24.8 Å². The quantitative estimate of drug-likeness (QED) is 0.449. The Labute approximate surface area is 192 Å². The summed E-state index contributed by atoms with van der Waals surface area (Å²) in [5.74, 6) is -0.0268. The number of anilines is 3. The third-order valence-corrected chi connectivity index (χ3v) is 5.73. The molecule has 1 N–H and O–H groups in total. The van der Waals surface area contributed by atoms with Crippen molar-refractivity contribution in [1.29, 1.82) is 0 Å². The fourth-order valence-electron chi connectivity index (χ4n) is 3.84. The van der Waals surface area contributed by atoms with Gasteiger partial charge in [-0.05, 0) is 55.2 Å². The van der Waals surface area contributed by atoms with Crippen molar-refractivity contribution < 1.29 is 9.18 Å². The zero-order chi connectivity index (χ0) is 22.5. The molecule has 0 spiro atoms. The Morgan fingerprint density at radius 2 is 2.00 bits per heavy atom. The zero-order valence-electron chi connectivity index (χ0n) is 17.7. The number of carbonyl (C=O) groups is 1.